The van der Waals surface area contributed by atoms with Crippen LogP contribution in [0.25, 0.3) is 0 Å². The lowest BCUT2D eigenvalue weighted by Gasteiger charge is -2.31. The molecule has 0 fully saturated rings. The van der Waals surface area contributed by atoms with Gasteiger partial charge in [-0.1, -0.05) is 31.5 Å². The van der Waals surface area contributed by atoms with Crippen molar-refractivity contribution in [3.63, 3.8) is 0 Å². The fraction of sp³-hybridized carbons (Fsp3) is 0.455. The van der Waals surface area contributed by atoms with Crippen LogP contribution in [-0.4, -0.2) is 11.7 Å². The summed E-state index contributed by atoms with van der Waals surface area (Å²) in [5, 5.41) is 10.5. The molecule has 1 aromatic rings. The van der Waals surface area contributed by atoms with Gasteiger partial charge < -0.3 is 10.8 Å². The highest BCUT2D eigenvalue weighted by Crippen LogP contribution is 2.31. The van der Waals surface area contributed by atoms with Crippen molar-refractivity contribution in [3.8, 4) is 0 Å². The van der Waals surface area contributed by atoms with Gasteiger partial charge in [0.15, 0.2) is 0 Å². The summed E-state index contributed by atoms with van der Waals surface area (Å²) in [6, 6.07) is 4.20. The molecule has 0 bridgehead atoms. The van der Waals surface area contributed by atoms with Gasteiger partial charge in [0.2, 0.25) is 0 Å². The SMILES string of the molecule is CC(C)C(O)(CN)c1ccc(Cl)cc1F. The van der Waals surface area contributed by atoms with E-state index >= 15 is 0 Å². The van der Waals surface area contributed by atoms with Gasteiger partial charge in [-0.3, -0.25) is 0 Å². The second-order valence-corrected chi connectivity index (χ2v) is 4.34. The predicted octanol–water partition coefficient (Wildman–Crippen LogP) is 2.28. The van der Waals surface area contributed by atoms with Crippen LogP contribution in [0.5, 0.6) is 0 Å². The largest absolute Gasteiger partial charge is 0.383 e. The van der Waals surface area contributed by atoms with Gasteiger partial charge >= 0.3 is 0 Å². The van der Waals surface area contributed by atoms with Gasteiger partial charge in [0.1, 0.15) is 11.4 Å². The van der Waals surface area contributed by atoms with Crippen molar-refractivity contribution in [3.05, 3.63) is 34.6 Å². The summed E-state index contributed by atoms with van der Waals surface area (Å²) in [6.07, 6.45) is 0. The summed E-state index contributed by atoms with van der Waals surface area (Å²) in [4.78, 5) is 0. The third-order valence-corrected chi connectivity index (χ3v) is 2.90. The molecule has 0 radical (unpaired) electrons. The van der Waals surface area contributed by atoms with Crippen LogP contribution in [0.1, 0.15) is 19.4 Å². The van der Waals surface area contributed by atoms with Crippen LogP contribution >= 0.6 is 11.6 Å². The molecule has 2 nitrogen and oxygen atoms in total. The molecule has 1 aromatic carbocycles. The molecule has 0 saturated heterocycles. The van der Waals surface area contributed by atoms with E-state index in [0.29, 0.717) is 5.02 Å². The summed E-state index contributed by atoms with van der Waals surface area (Å²) < 4.78 is 13.6. The zero-order chi connectivity index (χ0) is 11.6. The fourth-order valence-corrected chi connectivity index (χ4v) is 1.66. The van der Waals surface area contributed by atoms with E-state index in [4.69, 9.17) is 17.3 Å². The molecule has 1 rings (SSSR count). The molecule has 0 heterocycles. The molecule has 0 aliphatic rings. The Morgan fingerprint density at radius 2 is 2.13 bits per heavy atom. The van der Waals surface area contributed by atoms with Gasteiger partial charge in [-0.15, -0.1) is 0 Å². The molecule has 0 aromatic heterocycles. The second kappa shape index (κ2) is 4.47. The predicted molar refractivity (Wildman–Crippen MR) is 59.2 cm³/mol. The van der Waals surface area contributed by atoms with Crippen LogP contribution in [0.4, 0.5) is 4.39 Å². The van der Waals surface area contributed by atoms with E-state index in [1.165, 1.54) is 12.1 Å². The monoisotopic (exact) mass is 231 g/mol. The Kier molecular flexibility index (Phi) is 3.71. The van der Waals surface area contributed by atoms with E-state index in [1.54, 1.807) is 19.9 Å². The molecule has 1 unspecified atom stereocenters. The Balaban J connectivity index is 3.24. The second-order valence-electron chi connectivity index (χ2n) is 3.91. The van der Waals surface area contributed by atoms with Gasteiger partial charge in [0, 0.05) is 17.1 Å². The third-order valence-electron chi connectivity index (χ3n) is 2.66. The topological polar surface area (TPSA) is 46.2 Å². The van der Waals surface area contributed by atoms with E-state index in [2.05, 4.69) is 0 Å². The highest BCUT2D eigenvalue weighted by atomic mass is 35.5. The minimum Gasteiger partial charge on any atom is -0.383 e. The number of rotatable bonds is 3. The average Bonchev–Trinajstić information content (AvgIpc) is 2.16. The first-order chi connectivity index (χ1) is 6.91. The Morgan fingerprint density at radius 1 is 1.53 bits per heavy atom. The van der Waals surface area contributed by atoms with Crippen LogP contribution in [0.2, 0.25) is 5.02 Å². The zero-order valence-corrected chi connectivity index (χ0v) is 9.55. The fourth-order valence-electron chi connectivity index (χ4n) is 1.50. The number of nitrogens with two attached hydrogens (primary N) is 1. The smallest absolute Gasteiger partial charge is 0.130 e. The molecule has 0 saturated carbocycles. The molecular formula is C11H15ClFNO. The molecule has 0 spiro atoms. The Hall–Kier alpha value is -0.640. The van der Waals surface area contributed by atoms with E-state index < -0.39 is 11.4 Å². The highest BCUT2D eigenvalue weighted by molar-refractivity contribution is 6.30. The standard InChI is InChI=1S/C11H15ClFNO/c1-7(2)11(15,6-14)9-4-3-8(12)5-10(9)13/h3-5,7,15H,6,14H2,1-2H3. The average molecular weight is 232 g/mol. The van der Waals surface area contributed by atoms with Gasteiger partial charge in [-0.25, -0.2) is 4.39 Å². The summed E-state index contributed by atoms with van der Waals surface area (Å²) in [7, 11) is 0. The number of aliphatic hydroxyl groups is 1. The first-order valence-electron chi connectivity index (χ1n) is 4.79. The molecule has 0 amide bonds. The number of halogens is 2. The molecule has 0 aliphatic carbocycles. The summed E-state index contributed by atoms with van der Waals surface area (Å²) in [5.74, 6) is -0.692. The van der Waals surface area contributed by atoms with Gasteiger partial charge in [-0.05, 0) is 18.1 Å². The van der Waals surface area contributed by atoms with Crippen LogP contribution in [0.3, 0.4) is 0 Å². The van der Waals surface area contributed by atoms with Crippen molar-refractivity contribution in [1.29, 1.82) is 0 Å². The van der Waals surface area contributed by atoms with Gasteiger partial charge in [-0.2, -0.15) is 0 Å². The maximum atomic E-state index is 13.6. The third kappa shape index (κ3) is 2.30. The molecule has 0 aliphatic heterocycles. The van der Waals surface area contributed by atoms with E-state index in [1.807, 2.05) is 0 Å². The maximum Gasteiger partial charge on any atom is 0.130 e. The van der Waals surface area contributed by atoms with Crippen LogP contribution in [0, 0.1) is 11.7 Å². The quantitative estimate of drug-likeness (QED) is 0.839. The Bertz CT molecular complexity index is 356. The molecule has 3 N–H and O–H groups in total. The van der Waals surface area contributed by atoms with E-state index in [-0.39, 0.29) is 18.0 Å². The maximum absolute atomic E-state index is 13.6. The highest BCUT2D eigenvalue weighted by Gasteiger charge is 2.34. The van der Waals surface area contributed by atoms with Crippen molar-refractivity contribution >= 4 is 11.6 Å². The molecule has 15 heavy (non-hydrogen) atoms. The van der Waals surface area contributed by atoms with E-state index in [0.717, 1.165) is 0 Å². The first kappa shape index (κ1) is 12.4. The van der Waals surface area contributed by atoms with Gasteiger partial charge in [0.25, 0.3) is 0 Å². The zero-order valence-electron chi connectivity index (χ0n) is 8.80. The minimum atomic E-state index is -1.34. The van der Waals surface area contributed by atoms with Crippen LogP contribution in [0.15, 0.2) is 18.2 Å². The number of hydrogen-bond acceptors (Lipinski definition) is 2. The Morgan fingerprint density at radius 3 is 2.53 bits per heavy atom. The number of hydrogen-bond donors (Lipinski definition) is 2. The molecular weight excluding hydrogens is 217 g/mol. The Labute approximate surface area is 93.9 Å². The lowest BCUT2D eigenvalue weighted by molar-refractivity contribution is -0.00431. The molecule has 1 atom stereocenters. The lowest BCUT2D eigenvalue weighted by Crippen LogP contribution is -2.40. The van der Waals surface area contributed by atoms with Crippen molar-refractivity contribution in [2.75, 3.05) is 6.54 Å². The summed E-state index contributed by atoms with van der Waals surface area (Å²) in [5.41, 5.74) is 4.36. The van der Waals surface area contributed by atoms with Crippen molar-refractivity contribution in [2.24, 2.45) is 11.7 Å². The minimum absolute atomic E-state index is 0.0246. The normalized spacial score (nSPS) is 15.4. The van der Waals surface area contributed by atoms with Crippen molar-refractivity contribution in [1.82, 2.24) is 0 Å². The van der Waals surface area contributed by atoms with Crippen molar-refractivity contribution < 1.29 is 9.50 Å². The summed E-state index contributed by atoms with van der Waals surface area (Å²) in [6.45, 7) is 3.56. The molecule has 4 heteroatoms. The van der Waals surface area contributed by atoms with E-state index in [9.17, 15) is 9.50 Å². The first-order valence-corrected chi connectivity index (χ1v) is 5.17. The molecule has 84 valence electrons. The summed E-state index contributed by atoms with van der Waals surface area (Å²) >= 11 is 5.64. The van der Waals surface area contributed by atoms with Gasteiger partial charge in [0.05, 0.1) is 0 Å². The van der Waals surface area contributed by atoms with Crippen molar-refractivity contribution in [2.45, 2.75) is 19.4 Å². The van der Waals surface area contributed by atoms with Crippen LogP contribution in [-0.2, 0) is 5.60 Å². The lowest BCUT2D eigenvalue weighted by atomic mass is 9.83. The number of benzene rings is 1. The van der Waals surface area contributed by atoms with Crippen LogP contribution < -0.4 is 5.73 Å².